The molecule has 1 saturated heterocycles. The predicted octanol–water partition coefficient (Wildman–Crippen LogP) is 5.42. The second-order valence-electron chi connectivity index (χ2n) is 10.1. The molecular weight excluding hydrogens is 538 g/mol. The highest BCUT2D eigenvalue weighted by Gasteiger charge is 2.36. The predicted molar refractivity (Wildman–Crippen MR) is 148 cm³/mol. The number of aromatic nitrogens is 2. The van der Waals surface area contributed by atoms with Crippen LogP contribution in [0.5, 0.6) is 5.75 Å². The lowest BCUT2D eigenvalue weighted by molar-refractivity contribution is 0.162. The van der Waals surface area contributed by atoms with Gasteiger partial charge in [0.1, 0.15) is 23.8 Å². The average molecular weight is 566 g/mol. The van der Waals surface area contributed by atoms with Crippen LogP contribution in [0.15, 0.2) is 12.1 Å². The fourth-order valence-electron chi connectivity index (χ4n) is 5.43. The maximum absolute atomic E-state index is 15.6. The van der Waals surface area contributed by atoms with Crippen LogP contribution in [0.4, 0.5) is 15.9 Å². The van der Waals surface area contributed by atoms with E-state index in [1.54, 1.807) is 0 Å². The second-order valence-corrected chi connectivity index (χ2v) is 11.3. The van der Waals surface area contributed by atoms with Crippen molar-refractivity contribution in [2.24, 2.45) is 0 Å². The summed E-state index contributed by atoms with van der Waals surface area (Å²) >= 11 is 19.6. The smallest absolute Gasteiger partial charge is 0.155 e. The van der Waals surface area contributed by atoms with E-state index in [0.717, 1.165) is 56.0 Å². The van der Waals surface area contributed by atoms with Crippen molar-refractivity contribution in [1.82, 2.24) is 20.2 Å². The van der Waals surface area contributed by atoms with Gasteiger partial charge in [0.25, 0.3) is 0 Å². The monoisotopic (exact) mass is 564 g/mol. The summed E-state index contributed by atoms with van der Waals surface area (Å²) < 4.78 is 21.9. The summed E-state index contributed by atoms with van der Waals surface area (Å²) in [5.74, 6) is 1.70. The number of rotatable bonds is 3. The molecule has 196 valence electrons. The van der Waals surface area contributed by atoms with Crippen LogP contribution < -0.4 is 20.3 Å². The summed E-state index contributed by atoms with van der Waals surface area (Å²) in [4.78, 5) is 14.7. The summed E-state index contributed by atoms with van der Waals surface area (Å²) in [7, 11) is 4.20. The second kappa shape index (κ2) is 9.89. The van der Waals surface area contributed by atoms with E-state index in [4.69, 9.17) is 49.5 Å². The molecule has 37 heavy (non-hydrogen) atoms. The third-order valence-corrected chi connectivity index (χ3v) is 8.46. The Balaban J connectivity index is 1.61. The molecule has 0 spiro atoms. The van der Waals surface area contributed by atoms with E-state index in [1.165, 1.54) is 6.07 Å². The first-order valence-electron chi connectivity index (χ1n) is 12.5. The van der Waals surface area contributed by atoms with Gasteiger partial charge in [-0.25, -0.2) is 14.4 Å². The van der Waals surface area contributed by atoms with Gasteiger partial charge >= 0.3 is 0 Å². The zero-order valence-electron chi connectivity index (χ0n) is 20.7. The Kier molecular flexibility index (Phi) is 6.74. The third kappa shape index (κ3) is 4.36. The molecule has 3 aromatic rings. The molecule has 1 saturated carbocycles. The van der Waals surface area contributed by atoms with E-state index in [1.807, 2.05) is 6.07 Å². The van der Waals surface area contributed by atoms with Crippen LogP contribution in [0.3, 0.4) is 0 Å². The largest absolute Gasteiger partial charge is 0.489 e. The average Bonchev–Trinajstić information content (AvgIpc) is 2.82. The molecule has 1 aromatic heterocycles. The molecule has 6 rings (SSSR count). The van der Waals surface area contributed by atoms with Crippen molar-refractivity contribution in [3.05, 3.63) is 38.8 Å². The van der Waals surface area contributed by atoms with Gasteiger partial charge in [-0.1, -0.05) is 34.8 Å². The molecule has 0 unspecified atom stereocenters. The van der Waals surface area contributed by atoms with Crippen LogP contribution in [0.1, 0.15) is 24.6 Å². The fraction of sp³-hybridized carbons (Fsp3) is 0.462. The molecule has 0 amide bonds. The molecule has 0 radical (unpaired) electrons. The zero-order valence-corrected chi connectivity index (χ0v) is 22.9. The van der Waals surface area contributed by atoms with Crippen molar-refractivity contribution in [2.45, 2.75) is 24.8 Å². The lowest BCUT2D eigenvalue weighted by Crippen LogP contribution is -2.44. The number of halogens is 4. The number of anilines is 2. The molecule has 3 heterocycles. The van der Waals surface area contributed by atoms with E-state index in [9.17, 15) is 0 Å². The molecule has 11 heteroatoms. The Morgan fingerprint density at radius 2 is 1.76 bits per heavy atom. The standard InChI is InChI=1S/C26H28Cl3FN6O/c1-35(2)14-9-13(10-14)25-33-22-15(26(34-25)36-6-3-31-4-7-36)11-16(27)19-20-21(30)17(28)12-18(29)23(20)32-5-8-37-24(19)22/h11-14,31-32H,3-10H2,1-2H3. The minimum Gasteiger partial charge on any atom is -0.489 e. The Morgan fingerprint density at radius 3 is 2.49 bits per heavy atom. The summed E-state index contributed by atoms with van der Waals surface area (Å²) in [6.45, 7) is 4.12. The minimum atomic E-state index is -0.606. The van der Waals surface area contributed by atoms with Crippen LogP contribution in [0, 0.1) is 5.82 Å². The van der Waals surface area contributed by atoms with Crippen LogP contribution in [0.25, 0.3) is 22.0 Å². The maximum Gasteiger partial charge on any atom is 0.155 e. The Morgan fingerprint density at radius 1 is 1.00 bits per heavy atom. The fourth-order valence-corrected chi connectivity index (χ4v) is 6.25. The molecule has 2 fully saturated rings. The van der Waals surface area contributed by atoms with Crippen LogP contribution in [-0.2, 0) is 0 Å². The number of piperazine rings is 1. The normalized spacial score (nSPS) is 21.4. The topological polar surface area (TPSA) is 65.6 Å². The number of hydrogen-bond donors (Lipinski definition) is 2. The molecule has 7 nitrogen and oxygen atoms in total. The third-order valence-electron chi connectivity index (χ3n) is 7.59. The molecule has 2 aliphatic heterocycles. The molecule has 1 aliphatic carbocycles. The van der Waals surface area contributed by atoms with Gasteiger partial charge in [0.2, 0.25) is 0 Å². The number of nitrogens with one attached hydrogen (secondary N) is 2. The van der Waals surface area contributed by atoms with E-state index < -0.39 is 5.82 Å². The zero-order chi connectivity index (χ0) is 25.8. The molecule has 2 N–H and O–H groups in total. The number of benzene rings is 2. The van der Waals surface area contributed by atoms with Gasteiger partial charge in [0, 0.05) is 61.2 Å². The van der Waals surface area contributed by atoms with E-state index >= 15 is 4.39 Å². The molecule has 3 aliphatic rings. The highest BCUT2D eigenvalue weighted by atomic mass is 35.5. The summed E-state index contributed by atoms with van der Waals surface area (Å²) in [6, 6.07) is 3.73. The lowest BCUT2D eigenvalue weighted by Gasteiger charge is -2.39. The lowest BCUT2D eigenvalue weighted by atomic mass is 9.79. The van der Waals surface area contributed by atoms with E-state index in [-0.39, 0.29) is 16.5 Å². The summed E-state index contributed by atoms with van der Waals surface area (Å²) in [5, 5.41) is 7.94. The molecule has 0 atom stereocenters. The van der Waals surface area contributed by atoms with Gasteiger partial charge in [0.05, 0.1) is 20.8 Å². The van der Waals surface area contributed by atoms with Crippen LogP contribution in [0.2, 0.25) is 15.1 Å². The number of ether oxygens (including phenoxy) is 1. The quantitative estimate of drug-likeness (QED) is 0.411. The van der Waals surface area contributed by atoms with Crippen LogP contribution in [-0.4, -0.2) is 74.3 Å². The van der Waals surface area contributed by atoms with E-state index in [2.05, 4.69) is 34.5 Å². The summed E-state index contributed by atoms with van der Waals surface area (Å²) in [5.41, 5.74) is 1.67. The first-order valence-corrected chi connectivity index (χ1v) is 13.7. The molecule has 2 aromatic carbocycles. The van der Waals surface area contributed by atoms with Crippen LogP contribution >= 0.6 is 34.8 Å². The highest BCUT2D eigenvalue weighted by molar-refractivity contribution is 6.39. The van der Waals surface area contributed by atoms with Crippen molar-refractivity contribution in [3.63, 3.8) is 0 Å². The van der Waals surface area contributed by atoms with Crippen molar-refractivity contribution in [2.75, 3.05) is 63.6 Å². The minimum absolute atomic E-state index is 0.0812. The van der Waals surface area contributed by atoms with Gasteiger partial charge in [0.15, 0.2) is 11.6 Å². The van der Waals surface area contributed by atoms with E-state index in [0.29, 0.717) is 51.8 Å². The number of fused-ring (bicyclic) bond motifs is 5. The van der Waals surface area contributed by atoms with Crippen molar-refractivity contribution < 1.29 is 9.13 Å². The first kappa shape index (κ1) is 25.2. The number of hydrogen-bond acceptors (Lipinski definition) is 7. The van der Waals surface area contributed by atoms with Gasteiger partial charge in [-0.05, 0) is 39.1 Å². The molecular formula is C26H28Cl3FN6O. The van der Waals surface area contributed by atoms with Gasteiger partial charge in [-0.3, -0.25) is 0 Å². The SMILES string of the molecule is CN(C)C1CC(c2nc(N3CCNCC3)c3cc(Cl)c4c(c3n2)OCCNc2c(Cl)cc(Cl)c(F)c2-4)C1. The Hall–Kier alpha value is -2.10. The first-order chi connectivity index (χ1) is 17.8. The summed E-state index contributed by atoms with van der Waals surface area (Å²) in [6.07, 6.45) is 1.98. The maximum atomic E-state index is 15.6. The molecule has 0 bridgehead atoms. The van der Waals surface area contributed by atoms with Gasteiger partial charge in [-0.15, -0.1) is 0 Å². The van der Waals surface area contributed by atoms with Crippen molar-refractivity contribution in [3.8, 4) is 16.9 Å². The highest BCUT2D eigenvalue weighted by Crippen LogP contribution is 2.51. The Labute approximate surface area is 230 Å². The van der Waals surface area contributed by atoms with Gasteiger partial charge in [-0.2, -0.15) is 0 Å². The van der Waals surface area contributed by atoms with Crippen molar-refractivity contribution in [1.29, 1.82) is 0 Å². The number of nitrogens with zero attached hydrogens (tertiary/aromatic N) is 4. The van der Waals surface area contributed by atoms with Crippen molar-refractivity contribution >= 4 is 57.2 Å². The Bertz CT molecular complexity index is 1370. The van der Waals surface area contributed by atoms with Gasteiger partial charge < -0.3 is 25.2 Å².